The summed E-state index contributed by atoms with van der Waals surface area (Å²) < 4.78 is 25.1. The predicted molar refractivity (Wildman–Crippen MR) is 119 cm³/mol. The van der Waals surface area contributed by atoms with Crippen molar-refractivity contribution in [3.63, 3.8) is 0 Å². The Morgan fingerprint density at radius 2 is 1.66 bits per heavy atom. The van der Waals surface area contributed by atoms with Crippen molar-refractivity contribution in [1.29, 1.82) is 0 Å². The highest BCUT2D eigenvalue weighted by atomic mass is 32.2. The average Bonchev–Trinajstić information content (AvgIpc) is 3.18. The fraction of sp³-hybridized carbons (Fsp3) is 0.182. The van der Waals surface area contributed by atoms with E-state index >= 15 is 0 Å². The van der Waals surface area contributed by atoms with Gasteiger partial charge in [-0.3, -0.25) is 0 Å². The van der Waals surface area contributed by atoms with E-state index in [1.807, 2.05) is 36.4 Å². The fourth-order valence-electron chi connectivity index (χ4n) is 3.05. The third-order valence-electron chi connectivity index (χ3n) is 4.59. The minimum absolute atomic E-state index is 0.00600. The molecule has 0 atom stereocenters. The molecule has 2 aromatic heterocycles. The summed E-state index contributed by atoms with van der Waals surface area (Å²) in [5.74, 6) is 1.30. The van der Waals surface area contributed by atoms with Gasteiger partial charge < -0.3 is 5.32 Å². The standard InChI is InChI=1S/C22H21N3O2S2/c1-2-17-15-19-21(23-13-14-29(26,27)18-11-7-4-8-12-18)24-20(25-22(19)28-17)16-9-5-3-6-10-16/h3-12,15H,2,13-14H2,1H3,(H,23,24,25). The first-order valence-corrected chi connectivity index (χ1v) is 11.9. The zero-order chi connectivity index (χ0) is 20.3. The zero-order valence-electron chi connectivity index (χ0n) is 16.0. The molecule has 5 nitrogen and oxygen atoms in total. The Balaban J connectivity index is 1.63. The van der Waals surface area contributed by atoms with Gasteiger partial charge in [-0.1, -0.05) is 55.5 Å². The van der Waals surface area contributed by atoms with E-state index in [1.54, 1.807) is 35.6 Å². The number of nitrogens with one attached hydrogen (secondary N) is 1. The van der Waals surface area contributed by atoms with Crippen LogP contribution in [-0.4, -0.2) is 30.7 Å². The lowest BCUT2D eigenvalue weighted by molar-refractivity contribution is 0.596. The van der Waals surface area contributed by atoms with Crippen LogP contribution >= 0.6 is 11.3 Å². The second-order valence-corrected chi connectivity index (χ2v) is 9.83. The van der Waals surface area contributed by atoms with E-state index < -0.39 is 9.84 Å². The van der Waals surface area contributed by atoms with Crippen LogP contribution in [0, 0.1) is 0 Å². The van der Waals surface area contributed by atoms with Crippen LogP contribution in [-0.2, 0) is 16.3 Å². The van der Waals surface area contributed by atoms with E-state index in [-0.39, 0.29) is 12.3 Å². The topological polar surface area (TPSA) is 72.0 Å². The molecule has 0 unspecified atom stereocenters. The summed E-state index contributed by atoms with van der Waals surface area (Å²) in [4.78, 5) is 11.9. The number of rotatable bonds is 7. The van der Waals surface area contributed by atoms with Crippen molar-refractivity contribution in [2.45, 2.75) is 18.2 Å². The Hall–Kier alpha value is -2.77. The van der Waals surface area contributed by atoms with Gasteiger partial charge in [0.25, 0.3) is 0 Å². The summed E-state index contributed by atoms with van der Waals surface area (Å²) in [5, 5.41) is 4.17. The third kappa shape index (κ3) is 4.31. The number of anilines is 1. The van der Waals surface area contributed by atoms with Crippen molar-refractivity contribution in [1.82, 2.24) is 9.97 Å². The Kier molecular flexibility index (Phi) is 5.60. The Morgan fingerprint density at radius 3 is 2.34 bits per heavy atom. The van der Waals surface area contributed by atoms with Gasteiger partial charge in [0.15, 0.2) is 15.7 Å². The lowest BCUT2D eigenvalue weighted by Gasteiger charge is -2.10. The number of sulfone groups is 1. The molecule has 29 heavy (non-hydrogen) atoms. The second-order valence-electron chi connectivity index (χ2n) is 6.61. The number of thiophene rings is 1. The minimum Gasteiger partial charge on any atom is -0.368 e. The first-order chi connectivity index (χ1) is 14.1. The number of aryl methyl sites for hydroxylation is 1. The van der Waals surface area contributed by atoms with Crippen LogP contribution in [0.1, 0.15) is 11.8 Å². The maximum Gasteiger partial charge on any atom is 0.180 e. The van der Waals surface area contributed by atoms with Crippen molar-refractivity contribution >= 4 is 37.2 Å². The zero-order valence-corrected chi connectivity index (χ0v) is 17.6. The Morgan fingerprint density at radius 1 is 0.966 bits per heavy atom. The van der Waals surface area contributed by atoms with Crippen LogP contribution in [0.2, 0.25) is 0 Å². The summed E-state index contributed by atoms with van der Waals surface area (Å²) in [6.07, 6.45) is 0.920. The smallest absolute Gasteiger partial charge is 0.180 e. The second kappa shape index (κ2) is 8.31. The van der Waals surface area contributed by atoms with Crippen molar-refractivity contribution in [2.24, 2.45) is 0 Å². The molecule has 0 radical (unpaired) electrons. The van der Waals surface area contributed by atoms with Gasteiger partial charge >= 0.3 is 0 Å². The Labute approximate surface area is 174 Å². The molecule has 0 fully saturated rings. The highest BCUT2D eigenvalue weighted by Crippen LogP contribution is 2.31. The highest BCUT2D eigenvalue weighted by molar-refractivity contribution is 7.91. The number of hydrogen-bond acceptors (Lipinski definition) is 6. The van der Waals surface area contributed by atoms with Gasteiger partial charge in [0.2, 0.25) is 0 Å². The van der Waals surface area contributed by atoms with E-state index in [0.717, 1.165) is 22.2 Å². The molecule has 0 amide bonds. The summed E-state index contributed by atoms with van der Waals surface area (Å²) in [5.41, 5.74) is 0.931. The number of benzene rings is 2. The van der Waals surface area contributed by atoms with Crippen LogP contribution < -0.4 is 5.32 Å². The fourth-order valence-corrected chi connectivity index (χ4v) is 5.19. The first kappa shape index (κ1) is 19.5. The lowest BCUT2D eigenvalue weighted by atomic mass is 10.2. The molecule has 0 saturated heterocycles. The highest BCUT2D eigenvalue weighted by Gasteiger charge is 2.16. The first-order valence-electron chi connectivity index (χ1n) is 9.44. The number of aromatic nitrogens is 2. The third-order valence-corrected chi connectivity index (χ3v) is 7.50. The summed E-state index contributed by atoms with van der Waals surface area (Å²) in [6.45, 7) is 2.38. The van der Waals surface area contributed by atoms with Gasteiger partial charge in [-0.05, 0) is 24.6 Å². The van der Waals surface area contributed by atoms with Crippen molar-refractivity contribution in [3.05, 3.63) is 71.6 Å². The molecular weight excluding hydrogens is 402 g/mol. The van der Waals surface area contributed by atoms with E-state index in [9.17, 15) is 8.42 Å². The maximum atomic E-state index is 12.6. The molecule has 0 bridgehead atoms. The normalized spacial score (nSPS) is 11.6. The maximum absolute atomic E-state index is 12.6. The van der Waals surface area contributed by atoms with Crippen LogP contribution in [0.15, 0.2) is 71.6 Å². The molecule has 4 aromatic rings. The largest absolute Gasteiger partial charge is 0.368 e. The SMILES string of the molecule is CCc1cc2c(NCCS(=O)(=O)c3ccccc3)nc(-c3ccccc3)nc2s1. The molecular formula is C22H21N3O2S2. The summed E-state index contributed by atoms with van der Waals surface area (Å²) in [6, 6.07) is 20.4. The summed E-state index contributed by atoms with van der Waals surface area (Å²) >= 11 is 1.65. The molecule has 2 heterocycles. The van der Waals surface area contributed by atoms with Gasteiger partial charge in [-0.2, -0.15) is 0 Å². The number of nitrogens with zero attached hydrogens (tertiary/aromatic N) is 2. The molecule has 0 aliphatic heterocycles. The minimum atomic E-state index is -3.35. The molecule has 0 aliphatic rings. The number of hydrogen-bond donors (Lipinski definition) is 1. The molecule has 148 valence electrons. The van der Waals surface area contributed by atoms with E-state index in [1.165, 1.54) is 4.88 Å². The molecule has 1 N–H and O–H groups in total. The van der Waals surface area contributed by atoms with Gasteiger partial charge in [0.1, 0.15) is 10.6 Å². The van der Waals surface area contributed by atoms with Crippen LogP contribution in [0.5, 0.6) is 0 Å². The van der Waals surface area contributed by atoms with E-state index in [2.05, 4.69) is 18.3 Å². The monoisotopic (exact) mass is 423 g/mol. The van der Waals surface area contributed by atoms with Crippen LogP contribution in [0.25, 0.3) is 21.6 Å². The van der Waals surface area contributed by atoms with E-state index in [4.69, 9.17) is 9.97 Å². The average molecular weight is 424 g/mol. The van der Waals surface area contributed by atoms with Crippen molar-refractivity contribution in [3.8, 4) is 11.4 Å². The molecule has 0 saturated carbocycles. The molecule has 7 heteroatoms. The quantitative estimate of drug-likeness (QED) is 0.462. The Bertz CT molecular complexity index is 1220. The van der Waals surface area contributed by atoms with Gasteiger partial charge in [0, 0.05) is 17.0 Å². The van der Waals surface area contributed by atoms with Gasteiger partial charge in [-0.15, -0.1) is 11.3 Å². The van der Waals surface area contributed by atoms with Crippen molar-refractivity contribution < 1.29 is 8.42 Å². The van der Waals surface area contributed by atoms with Gasteiger partial charge in [-0.25, -0.2) is 18.4 Å². The molecule has 0 spiro atoms. The lowest BCUT2D eigenvalue weighted by Crippen LogP contribution is -2.16. The predicted octanol–water partition coefficient (Wildman–Crippen LogP) is 4.81. The molecule has 4 rings (SSSR count). The van der Waals surface area contributed by atoms with Crippen LogP contribution in [0.3, 0.4) is 0 Å². The molecule has 2 aromatic carbocycles. The summed E-state index contributed by atoms with van der Waals surface area (Å²) in [7, 11) is -3.35. The van der Waals surface area contributed by atoms with E-state index in [0.29, 0.717) is 16.5 Å². The van der Waals surface area contributed by atoms with Crippen LogP contribution in [0.4, 0.5) is 5.82 Å². The van der Waals surface area contributed by atoms with Crippen molar-refractivity contribution in [2.75, 3.05) is 17.6 Å². The van der Waals surface area contributed by atoms with Gasteiger partial charge in [0.05, 0.1) is 16.0 Å². The number of fused-ring (bicyclic) bond motifs is 1. The molecule has 0 aliphatic carbocycles.